The van der Waals surface area contributed by atoms with Gasteiger partial charge >= 0.3 is 0 Å². The molecule has 0 saturated carbocycles. The average Bonchev–Trinajstić information content (AvgIpc) is 2.43. The third-order valence-corrected chi connectivity index (χ3v) is 2.92. The van der Waals surface area contributed by atoms with Gasteiger partial charge in [-0.15, -0.1) is 0 Å². The molecule has 1 N–H and O–H groups in total. The van der Waals surface area contributed by atoms with Crippen LogP contribution in [0.1, 0.15) is 12.0 Å². The molecule has 0 radical (unpaired) electrons. The highest BCUT2D eigenvalue weighted by Gasteiger charge is 2.17. The molecule has 114 valence electrons. The van der Waals surface area contributed by atoms with Crippen molar-refractivity contribution >= 4 is 5.69 Å². The van der Waals surface area contributed by atoms with Crippen molar-refractivity contribution in [1.82, 2.24) is 0 Å². The molecule has 1 aromatic rings. The van der Waals surface area contributed by atoms with Gasteiger partial charge in [0.05, 0.1) is 13.2 Å². The summed E-state index contributed by atoms with van der Waals surface area (Å²) in [7, 11) is 3.12. The summed E-state index contributed by atoms with van der Waals surface area (Å²) in [4.78, 5) is 1.59. The first-order chi connectivity index (χ1) is 9.63. The van der Waals surface area contributed by atoms with Crippen LogP contribution in [0.5, 0.6) is 0 Å². The number of halogens is 2. The van der Waals surface area contributed by atoms with Crippen LogP contribution in [-0.4, -0.2) is 45.6 Å². The van der Waals surface area contributed by atoms with Crippen molar-refractivity contribution < 1.29 is 23.4 Å². The van der Waals surface area contributed by atoms with Crippen molar-refractivity contribution in [3.05, 3.63) is 29.3 Å². The van der Waals surface area contributed by atoms with Gasteiger partial charge in [0.2, 0.25) is 0 Å². The van der Waals surface area contributed by atoms with Gasteiger partial charge in [0.1, 0.15) is 17.3 Å². The van der Waals surface area contributed by atoms with E-state index in [1.807, 2.05) is 0 Å². The largest absolute Gasteiger partial charge is 0.392 e. The second-order valence-corrected chi connectivity index (χ2v) is 4.39. The molecule has 20 heavy (non-hydrogen) atoms. The molecule has 0 unspecified atom stereocenters. The average molecular weight is 289 g/mol. The van der Waals surface area contributed by atoms with E-state index in [0.717, 1.165) is 12.1 Å². The van der Waals surface area contributed by atoms with Crippen LogP contribution in [0.4, 0.5) is 14.5 Å². The molecule has 0 aliphatic carbocycles. The van der Waals surface area contributed by atoms with Crippen LogP contribution in [0.15, 0.2) is 12.1 Å². The molecular formula is C14H21F2NO3. The second kappa shape index (κ2) is 8.84. The number of ether oxygens (including phenoxy) is 2. The van der Waals surface area contributed by atoms with Crippen LogP contribution in [-0.2, 0) is 16.1 Å². The van der Waals surface area contributed by atoms with Crippen LogP contribution in [0, 0.1) is 11.6 Å². The highest BCUT2D eigenvalue weighted by atomic mass is 19.1. The van der Waals surface area contributed by atoms with E-state index in [-0.39, 0.29) is 11.3 Å². The van der Waals surface area contributed by atoms with E-state index in [2.05, 4.69) is 0 Å². The Morgan fingerprint density at radius 2 is 1.65 bits per heavy atom. The normalized spacial score (nSPS) is 10.8. The van der Waals surface area contributed by atoms with Crippen LogP contribution >= 0.6 is 0 Å². The molecule has 0 spiro atoms. The number of methoxy groups -OCH3 is 2. The summed E-state index contributed by atoms with van der Waals surface area (Å²) in [5.41, 5.74) is 0.127. The maximum atomic E-state index is 14.0. The minimum absolute atomic E-state index is 0.0876. The summed E-state index contributed by atoms with van der Waals surface area (Å²) in [5, 5.41) is 8.95. The van der Waals surface area contributed by atoms with Gasteiger partial charge in [-0.2, -0.15) is 0 Å². The number of aliphatic hydroxyl groups excluding tert-OH is 1. The fraction of sp³-hybridized carbons (Fsp3) is 0.571. The SMILES string of the molecule is COCCCN(CCOC)c1c(F)cc(CO)cc1F. The maximum Gasteiger partial charge on any atom is 0.149 e. The van der Waals surface area contributed by atoms with Crippen molar-refractivity contribution in [2.75, 3.05) is 45.4 Å². The molecule has 0 amide bonds. The van der Waals surface area contributed by atoms with E-state index in [1.165, 1.54) is 7.11 Å². The van der Waals surface area contributed by atoms with E-state index in [4.69, 9.17) is 14.6 Å². The van der Waals surface area contributed by atoms with E-state index < -0.39 is 18.2 Å². The molecule has 0 bridgehead atoms. The van der Waals surface area contributed by atoms with E-state index in [1.54, 1.807) is 12.0 Å². The Kier molecular flexibility index (Phi) is 7.43. The zero-order valence-electron chi connectivity index (χ0n) is 11.9. The van der Waals surface area contributed by atoms with Gasteiger partial charge in [0, 0.05) is 33.9 Å². The fourth-order valence-electron chi connectivity index (χ4n) is 1.95. The summed E-state index contributed by atoms with van der Waals surface area (Å²) < 4.78 is 38.0. The molecule has 0 saturated heterocycles. The smallest absolute Gasteiger partial charge is 0.149 e. The number of anilines is 1. The Labute approximate surface area is 117 Å². The molecule has 1 aromatic carbocycles. The summed E-state index contributed by atoms with van der Waals surface area (Å²) in [6.45, 7) is 1.33. The third kappa shape index (κ3) is 4.70. The lowest BCUT2D eigenvalue weighted by Gasteiger charge is -2.25. The van der Waals surface area contributed by atoms with Crippen molar-refractivity contribution in [3.63, 3.8) is 0 Å². The van der Waals surface area contributed by atoms with Crippen LogP contribution in [0.3, 0.4) is 0 Å². The third-order valence-electron chi connectivity index (χ3n) is 2.92. The molecular weight excluding hydrogens is 268 g/mol. The van der Waals surface area contributed by atoms with E-state index in [0.29, 0.717) is 32.7 Å². The molecule has 1 rings (SSSR count). The van der Waals surface area contributed by atoms with Crippen LogP contribution in [0.2, 0.25) is 0 Å². The van der Waals surface area contributed by atoms with Crippen molar-refractivity contribution in [1.29, 1.82) is 0 Å². The Morgan fingerprint density at radius 3 is 2.15 bits per heavy atom. The van der Waals surface area contributed by atoms with Gasteiger partial charge in [-0.1, -0.05) is 0 Å². The molecule has 0 fully saturated rings. The number of benzene rings is 1. The predicted molar refractivity (Wildman–Crippen MR) is 72.9 cm³/mol. The van der Waals surface area contributed by atoms with Crippen LogP contribution in [0.25, 0.3) is 0 Å². The number of rotatable bonds is 9. The molecule has 0 aromatic heterocycles. The Hall–Kier alpha value is -1.24. The topological polar surface area (TPSA) is 41.9 Å². The summed E-state index contributed by atoms with van der Waals surface area (Å²) in [5.74, 6) is -1.36. The summed E-state index contributed by atoms with van der Waals surface area (Å²) >= 11 is 0. The lowest BCUT2D eigenvalue weighted by atomic mass is 10.1. The van der Waals surface area contributed by atoms with Gasteiger partial charge in [0.25, 0.3) is 0 Å². The van der Waals surface area contributed by atoms with Gasteiger partial charge in [-0.3, -0.25) is 0 Å². The standard InChI is InChI=1S/C14H21F2NO3/c1-19-6-3-4-17(5-7-20-2)14-12(15)8-11(10-18)9-13(14)16/h8-9,18H,3-7,10H2,1-2H3. The highest BCUT2D eigenvalue weighted by Crippen LogP contribution is 2.25. The van der Waals surface area contributed by atoms with Gasteiger partial charge in [-0.25, -0.2) is 8.78 Å². The zero-order valence-corrected chi connectivity index (χ0v) is 11.9. The first-order valence-corrected chi connectivity index (χ1v) is 6.45. The van der Waals surface area contributed by atoms with Crippen molar-refractivity contribution in [2.24, 2.45) is 0 Å². The monoisotopic (exact) mass is 289 g/mol. The Balaban J connectivity index is 2.93. The minimum atomic E-state index is -0.678. The highest BCUT2D eigenvalue weighted by molar-refractivity contribution is 5.50. The minimum Gasteiger partial charge on any atom is -0.392 e. The molecule has 0 aliphatic rings. The Bertz CT molecular complexity index is 392. The second-order valence-electron chi connectivity index (χ2n) is 4.39. The van der Waals surface area contributed by atoms with Gasteiger partial charge < -0.3 is 19.5 Å². The molecule has 0 heterocycles. The van der Waals surface area contributed by atoms with E-state index in [9.17, 15) is 8.78 Å². The first kappa shape index (κ1) is 16.8. The number of hydrogen-bond donors (Lipinski definition) is 1. The lowest BCUT2D eigenvalue weighted by molar-refractivity contribution is 0.190. The fourth-order valence-corrected chi connectivity index (χ4v) is 1.95. The lowest BCUT2D eigenvalue weighted by Crippen LogP contribution is -2.30. The van der Waals surface area contributed by atoms with E-state index >= 15 is 0 Å². The maximum absolute atomic E-state index is 14.0. The summed E-state index contributed by atoms with van der Waals surface area (Å²) in [6.07, 6.45) is 0.654. The quantitative estimate of drug-likeness (QED) is 0.706. The number of aliphatic hydroxyl groups is 1. The molecule has 4 nitrogen and oxygen atoms in total. The predicted octanol–water partition coefficient (Wildman–Crippen LogP) is 1.95. The number of nitrogens with zero attached hydrogens (tertiary/aromatic N) is 1. The van der Waals surface area contributed by atoms with Crippen LogP contribution < -0.4 is 4.90 Å². The first-order valence-electron chi connectivity index (χ1n) is 6.45. The summed E-state index contributed by atoms with van der Waals surface area (Å²) in [6, 6.07) is 2.29. The van der Waals surface area contributed by atoms with Crippen molar-refractivity contribution in [3.8, 4) is 0 Å². The zero-order chi connectivity index (χ0) is 15.0. The van der Waals surface area contributed by atoms with Crippen molar-refractivity contribution in [2.45, 2.75) is 13.0 Å². The number of hydrogen-bond acceptors (Lipinski definition) is 4. The molecule has 0 aliphatic heterocycles. The Morgan fingerprint density at radius 1 is 1.05 bits per heavy atom. The van der Waals surface area contributed by atoms with Gasteiger partial charge in [0.15, 0.2) is 0 Å². The molecule has 0 atom stereocenters. The molecule has 6 heteroatoms. The van der Waals surface area contributed by atoms with Gasteiger partial charge in [-0.05, 0) is 24.1 Å².